The van der Waals surface area contributed by atoms with Crippen LogP contribution in [0.25, 0.3) is 0 Å². The van der Waals surface area contributed by atoms with Crippen LogP contribution in [0, 0.1) is 0 Å². The van der Waals surface area contributed by atoms with Crippen LogP contribution in [0.15, 0.2) is 0 Å². The summed E-state index contributed by atoms with van der Waals surface area (Å²) >= 11 is 0. The van der Waals surface area contributed by atoms with Gasteiger partial charge in [-0.05, 0) is 0 Å². The van der Waals surface area contributed by atoms with E-state index in [9.17, 15) is 0 Å². The molecular formula is H2AlO4S+3. The van der Waals surface area contributed by atoms with Crippen molar-refractivity contribution >= 4 is 27.8 Å². The first-order chi connectivity index (χ1) is 2.00. The monoisotopic (exact) mass is 125 g/mol. The van der Waals surface area contributed by atoms with Crippen LogP contribution in [-0.4, -0.2) is 34.9 Å². The second kappa shape index (κ2) is 2.55. The van der Waals surface area contributed by atoms with Crippen LogP contribution < -0.4 is 0 Å². The summed E-state index contributed by atoms with van der Waals surface area (Å²) in [4.78, 5) is 0. The smallest absolute Gasteiger partial charge is 0.264 e. The van der Waals surface area contributed by atoms with Gasteiger partial charge in [0, 0.05) is 0 Å². The maximum atomic E-state index is 8.74. The van der Waals surface area contributed by atoms with Gasteiger partial charge >= 0.3 is 27.8 Å². The van der Waals surface area contributed by atoms with Gasteiger partial charge in [0.2, 0.25) is 0 Å². The van der Waals surface area contributed by atoms with Crippen molar-refractivity contribution in [3.8, 4) is 0 Å². The molecule has 32 valence electrons. The number of rotatable bonds is 0. The molecule has 0 unspecified atom stereocenters. The topological polar surface area (TPSA) is 74.6 Å². The molecule has 2 N–H and O–H groups in total. The van der Waals surface area contributed by atoms with Crippen molar-refractivity contribution in [3.05, 3.63) is 0 Å². The van der Waals surface area contributed by atoms with E-state index < -0.39 is 10.4 Å². The molecule has 0 rings (SSSR count). The van der Waals surface area contributed by atoms with E-state index in [-0.39, 0.29) is 17.4 Å². The number of hydrogen-bond donors (Lipinski definition) is 2. The quantitative estimate of drug-likeness (QED) is 0.320. The minimum Gasteiger partial charge on any atom is -0.264 e. The summed E-state index contributed by atoms with van der Waals surface area (Å²) in [6.45, 7) is 0. The molecule has 6 heavy (non-hydrogen) atoms. The molecule has 0 amide bonds. The van der Waals surface area contributed by atoms with Crippen molar-refractivity contribution in [3.63, 3.8) is 0 Å². The molecular weight excluding hydrogens is 123 g/mol. The van der Waals surface area contributed by atoms with Crippen molar-refractivity contribution in [2.75, 3.05) is 0 Å². The maximum absolute atomic E-state index is 8.74. The predicted octanol–water partition coefficient (Wildman–Crippen LogP) is -1.03. The SMILES string of the molecule is O=S(=O)(O)O.[Al+3]. The van der Waals surface area contributed by atoms with Gasteiger partial charge in [0.05, 0.1) is 0 Å². The molecule has 0 atom stereocenters. The molecule has 0 radical (unpaired) electrons. The van der Waals surface area contributed by atoms with E-state index in [0.29, 0.717) is 0 Å². The molecule has 0 aliphatic heterocycles. The van der Waals surface area contributed by atoms with Crippen LogP contribution in [0.1, 0.15) is 0 Å². The van der Waals surface area contributed by atoms with Crippen LogP contribution >= 0.6 is 0 Å². The van der Waals surface area contributed by atoms with Gasteiger partial charge in [0.1, 0.15) is 0 Å². The van der Waals surface area contributed by atoms with Crippen LogP contribution in [0.5, 0.6) is 0 Å². The second-order valence-corrected chi connectivity index (χ2v) is 1.34. The Labute approximate surface area is 45.9 Å². The summed E-state index contributed by atoms with van der Waals surface area (Å²) in [6.07, 6.45) is 0. The van der Waals surface area contributed by atoms with Crippen molar-refractivity contribution in [2.24, 2.45) is 0 Å². The summed E-state index contributed by atoms with van der Waals surface area (Å²) in [7, 11) is -4.67. The van der Waals surface area contributed by atoms with E-state index in [2.05, 4.69) is 0 Å². The molecule has 0 aromatic heterocycles. The minimum atomic E-state index is -4.67. The molecule has 0 fully saturated rings. The molecule has 4 nitrogen and oxygen atoms in total. The van der Waals surface area contributed by atoms with Crippen molar-refractivity contribution in [1.29, 1.82) is 0 Å². The fourth-order valence-electron chi connectivity index (χ4n) is 0. The van der Waals surface area contributed by atoms with Gasteiger partial charge in [0.15, 0.2) is 0 Å². The van der Waals surface area contributed by atoms with Crippen molar-refractivity contribution in [1.82, 2.24) is 0 Å². The van der Waals surface area contributed by atoms with Gasteiger partial charge in [-0.15, -0.1) is 0 Å². The summed E-state index contributed by atoms with van der Waals surface area (Å²) in [6, 6.07) is 0. The van der Waals surface area contributed by atoms with Crippen LogP contribution in [0.3, 0.4) is 0 Å². The first kappa shape index (κ1) is 9.64. The van der Waals surface area contributed by atoms with Crippen molar-refractivity contribution in [2.45, 2.75) is 0 Å². The zero-order valence-corrected chi connectivity index (χ0v) is 4.67. The van der Waals surface area contributed by atoms with Gasteiger partial charge in [-0.1, -0.05) is 0 Å². The molecule has 6 heteroatoms. The first-order valence-corrected chi connectivity index (χ1v) is 2.10. The second-order valence-electron chi connectivity index (χ2n) is 0.448. The van der Waals surface area contributed by atoms with E-state index in [1.165, 1.54) is 0 Å². The Morgan fingerprint density at radius 2 is 1.17 bits per heavy atom. The largest absolute Gasteiger partial charge is 3.00 e. The Kier molecular flexibility index (Phi) is 4.10. The van der Waals surface area contributed by atoms with E-state index >= 15 is 0 Å². The maximum Gasteiger partial charge on any atom is 3.00 e. The molecule has 0 aromatic rings. The Bertz CT molecular complexity index is 90.7. The van der Waals surface area contributed by atoms with Crippen LogP contribution in [-0.2, 0) is 10.4 Å². The Balaban J connectivity index is 0. The molecule has 0 heterocycles. The Morgan fingerprint density at radius 3 is 1.17 bits per heavy atom. The number of hydrogen-bond acceptors (Lipinski definition) is 2. The normalized spacial score (nSPS) is 9.67. The van der Waals surface area contributed by atoms with Gasteiger partial charge in [0.25, 0.3) is 0 Å². The molecule has 0 saturated heterocycles. The van der Waals surface area contributed by atoms with E-state index in [1.54, 1.807) is 0 Å². The first-order valence-electron chi connectivity index (χ1n) is 0.698. The average molecular weight is 125 g/mol. The van der Waals surface area contributed by atoms with Crippen LogP contribution in [0.2, 0.25) is 0 Å². The zero-order chi connectivity index (χ0) is 4.50. The third-order valence-electron chi connectivity index (χ3n) is 0. The molecule has 0 aromatic carbocycles. The van der Waals surface area contributed by atoms with Crippen molar-refractivity contribution < 1.29 is 17.5 Å². The third kappa shape index (κ3) is 315. The Morgan fingerprint density at radius 1 is 1.17 bits per heavy atom. The fourth-order valence-corrected chi connectivity index (χ4v) is 0. The molecule has 0 bridgehead atoms. The van der Waals surface area contributed by atoms with Gasteiger partial charge in [-0.2, -0.15) is 8.42 Å². The summed E-state index contributed by atoms with van der Waals surface area (Å²) in [5.41, 5.74) is 0. The van der Waals surface area contributed by atoms with Crippen LogP contribution in [0.4, 0.5) is 0 Å². The predicted molar refractivity (Wildman–Crippen MR) is 19.9 cm³/mol. The minimum absolute atomic E-state index is 0. The van der Waals surface area contributed by atoms with Gasteiger partial charge in [-0.25, -0.2) is 0 Å². The molecule has 0 aliphatic rings. The van der Waals surface area contributed by atoms with Gasteiger partial charge in [-0.3, -0.25) is 9.11 Å². The van der Waals surface area contributed by atoms with Gasteiger partial charge < -0.3 is 0 Å². The third-order valence-corrected chi connectivity index (χ3v) is 0. The average Bonchev–Trinajstić information content (AvgIpc) is 0.722. The Hall–Kier alpha value is 0.402. The van der Waals surface area contributed by atoms with E-state index in [4.69, 9.17) is 17.5 Å². The van der Waals surface area contributed by atoms with E-state index in [1.807, 2.05) is 0 Å². The zero-order valence-electron chi connectivity index (χ0n) is 2.70. The van der Waals surface area contributed by atoms with E-state index in [0.717, 1.165) is 0 Å². The molecule has 0 saturated carbocycles. The summed E-state index contributed by atoms with van der Waals surface area (Å²) < 4.78 is 31.6. The standard InChI is InChI=1S/Al.H2O4S/c;1-5(2,3)4/h;(H2,1,2,3,4)/q+3;. The molecule has 0 aliphatic carbocycles. The summed E-state index contributed by atoms with van der Waals surface area (Å²) in [5, 5.41) is 0. The summed E-state index contributed by atoms with van der Waals surface area (Å²) in [5.74, 6) is 0. The fraction of sp³-hybridized carbons (Fsp3) is 0. The molecule has 0 spiro atoms.